The van der Waals surface area contributed by atoms with Crippen molar-refractivity contribution in [3.05, 3.63) is 35.9 Å². The third-order valence-electron chi connectivity index (χ3n) is 3.00. The molecule has 1 aromatic rings. The summed E-state index contributed by atoms with van der Waals surface area (Å²) < 4.78 is 0. The molecule has 0 heterocycles. The molecule has 0 spiro atoms. The molecule has 1 nitrogen and oxygen atoms in total. The Balaban J connectivity index is 2.08. The fraction of sp³-hybridized carbons (Fsp3) is 0.600. The summed E-state index contributed by atoms with van der Waals surface area (Å²) in [6, 6.07) is 10.4. The van der Waals surface area contributed by atoms with Crippen LogP contribution in [0, 0.1) is 0 Å². The molecule has 1 N–H and O–H groups in total. The molecule has 1 unspecified atom stereocenters. The van der Waals surface area contributed by atoms with E-state index >= 15 is 0 Å². The van der Waals surface area contributed by atoms with Crippen molar-refractivity contribution in [3.8, 4) is 0 Å². The largest absolute Gasteiger partial charge is 0.393 e. The Bertz CT molecular complexity index is 255. The van der Waals surface area contributed by atoms with E-state index in [4.69, 9.17) is 0 Å². The highest BCUT2D eigenvalue weighted by molar-refractivity contribution is 5.14. The second kappa shape index (κ2) is 8.35. The summed E-state index contributed by atoms with van der Waals surface area (Å²) in [5.74, 6) is 0. The zero-order chi connectivity index (χ0) is 11.6. The maximum atomic E-state index is 9.81. The van der Waals surface area contributed by atoms with Crippen molar-refractivity contribution >= 4 is 0 Å². The quantitative estimate of drug-likeness (QED) is 0.658. The number of aliphatic hydroxyl groups is 1. The molecular formula is C15H24O. The van der Waals surface area contributed by atoms with E-state index in [0.29, 0.717) is 0 Å². The number of aliphatic hydroxyl groups excluding tert-OH is 1. The van der Waals surface area contributed by atoms with Crippen molar-refractivity contribution in [2.24, 2.45) is 0 Å². The lowest BCUT2D eigenvalue weighted by Gasteiger charge is -2.10. The Morgan fingerprint density at radius 3 is 2.44 bits per heavy atom. The van der Waals surface area contributed by atoms with E-state index in [1.807, 2.05) is 6.07 Å². The van der Waals surface area contributed by atoms with E-state index in [9.17, 15) is 5.11 Å². The van der Waals surface area contributed by atoms with Gasteiger partial charge in [-0.3, -0.25) is 0 Å². The Kier molecular flexibility index (Phi) is 6.91. The smallest absolute Gasteiger partial charge is 0.0543 e. The summed E-state index contributed by atoms with van der Waals surface area (Å²) in [7, 11) is 0. The molecule has 90 valence electrons. The van der Waals surface area contributed by atoms with Gasteiger partial charge in [-0.05, 0) is 24.8 Å². The lowest BCUT2D eigenvalue weighted by atomic mass is 10.0. The molecule has 0 radical (unpaired) electrons. The van der Waals surface area contributed by atoms with Gasteiger partial charge in [0.25, 0.3) is 0 Å². The second-order valence-corrected chi connectivity index (χ2v) is 4.53. The lowest BCUT2D eigenvalue weighted by Crippen LogP contribution is -2.07. The Morgan fingerprint density at radius 2 is 1.75 bits per heavy atom. The van der Waals surface area contributed by atoms with Gasteiger partial charge in [0.05, 0.1) is 6.10 Å². The topological polar surface area (TPSA) is 20.2 Å². The number of unbranched alkanes of at least 4 members (excludes halogenated alkanes) is 3. The fourth-order valence-electron chi connectivity index (χ4n) is 1.93. The molecule has 1 rings (SSSR count). The van der Waals surface area contributed by atoms with Crippen molar-refractivity contribution in [1.29, 1.82) is 0 Å². The van der Waals surface area contributed by atoms with Crippen molar-refractivity contribution in [2.45, 2.75) is 58.0 Å². The van der Waals surface area contributed by atoms with Gasteiger partial charge >= 0.3 is 0 Å². The first-order chi connectivity index (χ1) is 7.83. The van der Waals surface area contributed by atoms with Gasteiger partial charge in [-0.2, -0.15) is 0 Å². The van der Waals surface area contributed by atoms with Gasteiger partial charge in [-0.15, -0.1) is 0 Å². The molecule has 0 aliphatic carbocycles. The van der Waals surface area contributed by atoms with Crippen LogP contribution in [0.15, 0.2) is 30.3 Å². The Hall–Kier alpha value is -0.820. The average molecular weight is 220 g/mol. The van der Waals surface area contributed by atoms with Crippen LogP contribution in [0.5, 0.6) is 0 Å². The molecule has 0 aliphatic heterocycles. The van der Waals surface area contributed by atoms with E-state index in [1.54, 1.807) is 0 Å². The summed E-state index contributed by atoms with van der Waals surface area (Å²) in [4.78, 5) is 0. The normalized spacial score (nSPS) is 12.6. The lowest BCUT2D eigenvalue weighted by molar-refractivity contribution is 0.151. The zero-order valence-electron chi connectivity index (χ0n) is 10.4. The predicted octanol–water partition coefficient (Wildman–Crippen LogP) is 3.95. The van der Waals surface area contributed by atoms with Gasteiger partial charge in [0, 0.05) is 0 Å². The second-order valence-electron chi connectivity index (χ2n) is 4.53. The first-order valence-electron chi connectivity index (χ1n) is 6.55. The van der Waals surface area contributed by atoms with Crippen LogP contribution in [-0.4, -0.2) is 11.2 Å². The number of hydrogen-bond acceptors (Lipinski definition) is 1. The molecule has 0 bridgehead atoms. The maximum Gasteiger partial charge on any atom is 0.0543 e. The van der Waals surface area contributed by atoms with E-state index in [0.717, 1.165) is 19.3 Å². The Morgan fingerprint density at radius 1 is 1.00 bits per heavy atom. The van der Waals surface area contributed by atoms with Crippen molar-refractivity contribution < 1.29 is 5.11 Å². The molecule has 0 aromatic heterocycles. The van der Waals surface area contributed by atoms with Gasteiger partial charge in [-0.1, -0.05) is 62.9 Å². The molecular weight excluding hydrogens is 196 g/mol. The highest BCUT2D eigenvalue weighted by Crippen LogP contribution is 2.11. The van der Waals surface area contributed by atoms with Crippen LogP contribution in [0.3, 0.4) is 0 Å². The minimum absolute atomic E-state index is 0.114. The number of hydrogen-bond donors (Lipinski definition) is 1. The van der Waals surface area contributed by atoms with Crippen LogP contribution in [0.4, 0.5) is 0 Å². The van der Waals surface area contributed by atoms with Crippen molar-refractivity contribution in [1.82, 2.24) is 0 Å². The van der Waals surface area contributed by atoms with Crippen molar-refractivity contribution in [3.63, 3.8) is 0 Å². The molecule has 0 fully saturated rings. The van der Waals surface area contributed by atoms with Crippen LogP contribution >= 0.6 is 0 Å². The summed E-state index contributed by atoms with van der Waals surface area (Å²) in [5.41, 5.74) is 1.33. The summed E-state index contributed by atoms with van der Waals surface area (Å²) in [6.45, 7) is 2.21. The van der Waals surface area contributed by atoms with Crippen LogP contribution < -0.4 is 0 Å². The average Bonchev–Trinajstić information content (AvgIpc) is 2.33. The third-order valence-corrected chi connectivity index (χ3v) is 3.00. The molecule has 0 saturated carbocycles. The molecule has 16 heavy (non-hydrogen) atoms. The van der Waals surface area contributed by atoms with Gasteiger partial charge in [-0.25, -0.2) is 0 Å². The SMILES string of the molecule is CCCCCCC(O)CCc1ccccc1. The first-order valence-corrected chi connectivity index (χ1v) is 6.55. The first kappa shape index (κ1) is 13.2. The van der Waals surface area contributed by atoms with E-state index in [-0.39, 0.29) is 6.10 Å². The molecule has 0 amide bonds. The van der Waals surface area contributed by atoms with Crippen LogP contribution in [-0.2, 0) is 6.42 Å². The van der Waals surface area contributed by atoms with Crippen LogP contribution in [0.2, 0.25) is 0 Å². The predicted molar refractivity (Wildman–Crippen MR) is 69.5 cm³/mol. The number of rotatable bonds is 8. The van der Waals surface area contributed by atoms with E-state index < -0.39 is 0 Å². The highest BCUT2D eigenvalue weighted by atomic mass is 16.3. The molecule has 0 saturated heterocycles. The molecule has 1 aromatic carbocycles. The van der Waals surface area contributed by atoms with E-state index in [1.165, 1.54) is 31.2 Å². The molecule has 1 heteroatoms. The monoisotopic (exact) mass is 220 g/mol. The molecule has 1 atom stereocenters. The minimum Gasteiger partial charge on any atom is -0.393 e. The fourth-order valence-corrected chi connectivity index (χ4v) is 1.93. The van der Waals surface area contributed by atoms with Crippen LogP contribution in [0.25, 0.3) is 0 Å². The maximum absolute atomic E-state index is 9.81. The van der Waals surface area contributed by atoms with Crippen LogP contribution in [0.1, 0.15) is 51.0 Å². The van der Waals surface area contributed by atoms with E-state index in [2.05, 4.69) is 31.2 Å². The van der Waals surface area contributed by atoms with Gasteiger partial charge < -0.3 is 5.11 Å². The van der Waals surface area contributed by atoms with Gasteiger partial charge in [0.1, 0.15) is 0 Å². The highest BCUT2D eigenvalue weighted by Gasteiger charge is 2.03. The molecule has 0 aliphatic rings. The zero-order valence-corrected chi connectivity index (χ0v) is 10.4. The number of benzene rings is 1. The number of aryl methyl sites for hydroxylation is 1. The Labute approximate surface area is 99.5 Å². The van der Waals surface area contributed by atoms with Gasteiger partial charge in [0.2, 0.25) is 0 Å². The summed E-state index contributed by atoms with van der Waals surface area (Å²) >= 11 is 0. The standard InChI is InChI=1S/C15H24O/c1-2-3-4-8-11-15(16)13-12-14-9-6-5-7-10-14/h5-7,9-10,15-16H,2-4,8,11-13H2,1H3. The third kappa shape index (κ3) is 5.92. The van der Waals surface area contributed by atoms with Gasteiger partial charge in [0.15, 0.2) is 0 Å². The summed E-state index contributed by atoms with van der Waals surface area (Å²) in [6.07, 6.45) is 7.74. The van der Waals surface area contributed by atoms with Crippen molar-refractivity contribution in [2.75, 3.05) is 0 Å². The summed E-state index contributed by atoms with van der Waals surface area (Å²) in [5, 5.41) is 9.81. The minimum atomic E-state index is -0.114.